The van der Waals surface area contributed by atoms with Gasteiger partial charge in [0.1, 0.15) is 0 Å². The molecule has 0 heterocycles. The van der Waals surface area contributed by atoms with Crippen LogP contribution in [0, 0.1) is 0 Å². The van der Waals surface area contributed by atoms with E-state index in [1.54, 1.807) is 0 Å². The zero-order valence-corrected chi connectivity index (χ0v) is 8.64. The SMILES string of the molecule is CNCC=Cc1ccc(Br)cc1. The topological polar surface area (TPSA) is 12.0 Å². The lowest BCUT2D eigenvalue weighted by Crippen LogP contribution is -2.03. The molecular formula is C10H12BrN. The Balaban J connectivity index is 2.58. The molecule has 1 rings (SSSR count). The van der Waals surface area contributed by atoms with Crippen LogP contribution in [-0.2, 0) is 0 Å². The monoisotopic (exact) mass is 225 g/mol. The number of likely N-dealkylation sites (N-methyl/N-ethyl adjacent to an activating group) is 1. The maximum atomic E-state index is 3.39. The molecule has 0 aliphatic carbocycles. The van der Waals surface area contributed by atoms with Gasteiger partial charge in [0, 0.05) is 11.0 Å². The molecule has 0 radical (unpaired) electrons. The molecule has 0 amide bonds. The predicted octanol–water partition coefficient (Wildman–Crippen LogP) is 2.68. The van der Waals surface area contributed by atoms with Gasteiger partial charge in [0.2, 0.25) is 0 Å². The lowest BCUT2D eigenvalue weighted by Gasteiger charge is -1.93. The van der Waals surface area contributed by atoms with Crippen LogP contribution in [-0.4, -0.2) is 13.6 Å². The second-order valence-electron chi connectivity index (χ2n) is 2.51. The normalized spacial score (nSPS) is 10.8. The number of benzene rings is 1. The minimum absolute atomic E-state index is 0.913. The van der Waals surface area contributed by atoms with Crippen LogP contribution < -0.4 is 5.32 Å². The van der Waals surface area contributed by atoms with Gasteiger partial charge in [0.15, 0.2) is 0 Å². The van der Waals surface area contributed by atoms with E-state index in [-0.39, 0.29) is 0 Å². The van der Waals surface area contributed by atoms with Gasteiger partial charge in [-0.25, -0.2) is 0 Å². The molecule has 0 aliphatic rings. The van der Waals surface area contributed by atoms with E-state index < -0.39 is 0 Å². The highest BCUT2D eigenvalue weighted by Gasteiger charge is 1.85. The van der Waals surface area contributed by atoms with Crippen molar-refractivity contribution in [1.82, 2.24) is 5.32 Å². The third kappa shape index (κ3) is 3.20. The fraction of sp³-hybridized carbons (Fsp3) is 0.200. The molecule has 0 fully saturated rings. The average Bonchev–Trinajstić information content (AvgIpc) is 2.09. The maximum Gasteiger partial charge on any atom is 0.0175 e. The summed E-state index contributed by atoms with van der Waals surface area (Å²) < 4.78 is 1.12. The Labute approximate surface area is 81.6 Å². The van der Waals surface area contributed by atoms with Gasteiger partial charge in [-0.2, -0.15) is 0 Å². The Morgan fingerprint density at radius 1 is 1.33 bits per heavy atom. The second kappa shape index (κ2) is 5.12. The Morgan fingerprint density at radius 3 is 2.58 bits per heavy atom. The van der Waals surface area contributed by atoms with Crippen molar-refractivity contribution in [3.63, 3.8) is 0 Å². The molecule has 0 spiro atoms. The minimum atomic E-state index is 0.913. The van der Waals surface area contributed by atoms with Crippen molar-refractivity contribution in [2.45, 2.75) is 0 Å². The van der Waals surface area contributed by atoms with Gasteiger partial charge in [0.25, 0.3) is 0 Å². The molecule has 0 aromatic heterocycles. The van der Waals surface area contributed by atoms with E-state index in [4.69, 9.17) is 0 Å². The van der Waals surface area contributed by atoms with Gasteiger partial charge in [-0.05, 0) is 24.7 Å². The Bertz CT molecular complexity index is 251. The third-order valence-electron chi connectivity index (χ3n) is 1.50. The molecule has 64 valence electrons. The molecule has 1 nitrogen and oxygen atoms in total. The summed E-state index contributed by atoms with van der Waals surface area (Å²) in [6, 6.07) is 8.24. The van der Waals surface area contributed by atoms with Gasteiger partial charge in [-0.3, -0.25) is 0 Å². The highest BCUT2D eigenvalue weighted by molar-refractivity contribution is 9.10. The largest absolute Gasteiger partial charge is 0.316 e. The Morgan fingerprint density at radius 2 is 2.00 bits per heavy atom. The highest BCUT2D eigenvalue weighted by atomic mass is 79.9. The van der Waals surface area contributed by atoms with E-state index in [0.29, 0.717) is 0 Å². The fourth-order valence-electron chi connectivity index (χ4n) is 0.887. The molecule has 0 atom stereocenters. The summed E-state index contributed by atoms with van der Waals surface area (Å²) >= 11 is 3.39. The Kier molecular flexibility index (Phi) is 4.05. The van der Waals surface area contributed by atoms with Crippen LogP contribution in [0.1, 0.15) is 5.56 Å². The molecule has 1 aromatic rings. The lowest BCUT2D eigenvalue weighted by molar-refractivity contribution is 0.922. The smallest absolute Gasteiger partial charge is 0.0175 e. The Hall–Kier alpha value is -0.600. The molecule has 12 heavy (non-hydrogen) atoms. The van der Waals surface area contributed by atoms with E-state index in [1.165, 1.54) is 5.56 Å². The summed E-state index contributed by atoms with van der Waals surface area (Å²) in [5.41, 5.74) is 1.23. The molecule has 2 heteroatoms. The van der Waals surface area contributed by atoms with Gasteiger partial charge < -0.3 is 5.32 Å². The zero-order chi connectivity index (χ0) is 8.81. The first kappa shape index (κ1) is 9.49. The van der Waals surface area contributed by atoms with Crippen LogP contribution in [0.25, 0.3) is 6.08 Å². The standard InChI is InChI=1S/C10H12BrN/c1-12-8-2-3-9-4-6-10(11)7-5-9/h2-7,12H,8H2,1H3. The lowest BCUT2D eigenvalue weighted by atomic mass is 10.2. The number of rotatable bonds is 3. The molecule has 0 bridgehead atoms. The van der Waals surface area contributed by atoms with Gasteiger partial charge in [-0.15, -0.1) is 0 Å². The first-order valence-electron chi connectivity index (χ1n) is 3.89. The van der Waals surface area contributed by atoms with E-state index in [9.17, 15) is 0 Å². The summed E-state index contributed by atoms with van der Waals surface area (Å²) in [5, 5.41) is 3.05. The molecule has 1 aromatic carbocycles. The van der Waals surface area contributed by atoms with Crippen molar-refractivity contribution >= 4 is 22.0 Å². The zero-order valence-electron chi connectivity index (χ0n) is 7.05. The van der Waals surface area contributed by atoms with Crippen LogP contribution in [0.2, 0.25) is 0 Å². The van der Waals surface area contributed by atoms with Gasteiger partial charge in [0.05, 0.1) is 0 Å². The van der Waals surface area contributed by atoms with Crippen molar-refractivity contribution in [2.75, 3.05) is 13.6 Å². The van der Waals surface area contributed by atoms with E-state index in [1.807, 2.05) is 19.2 Å². The summed E-state index contributed by atoms with van der Waals surface area (Å²) in [6.45, 7) is 0.913. The molecule has 0 aliphatic heterocycles. The van der Waals surface area contributed by atoms with Crippen molar-refractivity contribution in [3.8, 4) is 0 Å². The summed E-state index contributed by atoms with van der Waals surface area (Å²) in [6.07, 6.45) is 4.20. The van der Waals surface area contributed by atoms with E-state index in [0.717, 1.165) is 11.0 Å². The van der Waals surface area contributed by atoms with Crippen molar-refractivity contribution < 1.29 is 0 Å². The molecular weight excluding hydrogens is 214 g/mol. The summed E-state index contributed by atoms with van der Waals surface area (Å²) in [5.74, 6) is 0. The summed E-state index contributed by atoms with van der Waals surface area (Å²) in [4.78, 5) is 0. The fourth-order valence-corrected chi connectivity index (χ4v) is 1.15. The van der Waals surface area contributed by atoms with Crippen molar-refractivity contribution in [3.05, 3.63) is 40.4 Å². The third-order valence-corrected chi connectivity index (χ3v) is 2.03. The summed E-state index contributed by atoms with van der Waals surface area (Å²) in [7, 11) is 1.94. The molecule has 0 saturated heterocycles. The number of hydrogen-bond donors (Lipinski definition) is 1. The van der Waals surface area contributed by atoms with Crippen LogP contribution in [0.15, 0.2) is 34.8 Å². The van der Waals surface area contributed by atoms with Crippen LogP contribution in [0.4, 0.5) is 0 Å². The maximum absolute atomic E-state index is 3.39. The van der Waals surface area contributed by atoms with E-state index in [2.05, 4.69) is 45.5 Å². The molecule has 1 N–H and O–H groups in total. The highest BCUT2D eigenvalue weighted by Crippen LogP contribution is 2.11. The second-order valence-corrected chi connectivity index (χ2v) is 3.43. The number of hydrogen-bond acceptors (Lipinski definition) is 1. The van der Waals surface area contributed by atoms with Crippen LogP contribution in [0.3, 0.4) is 0 Å². The quantitative estimate of drug-likeness (QED) is 0.835. The first-order valence-corrected chi connectivity index (χ1v) is 4.69. The van der Waals surface area contributed by atoms with Gasteiger partial charge >= 0.3 is 0 Å². The predicted molar refractivity (Wildman–Crippen MR) is 57.1 cm³/mol. The van der Waals surface area contributed by atoms with E-state index >= 15 is 0 Å². The van der Waals surface area contributed by atoms with Crippen LogP contribution in [0.5, 0.6) is 0 Å². The number of nitrogens with one attached hydrogen (secondary N) is 1. The molecule has 0 unspecified atom stereocenters. The van der Waals surface area contributed by atoms with Crippen LogP contribution >= 0.6 is 15.9 Å². The first-order chi connectivity index (χ1) is 5.83. The number of halogens is 1. The van der Waals surface area contributed by atoms with Crippen molar-refractivity contribution in [1.29, 1.82) is 0 Å². The minimum Gasteiger partial charge on any atom is -0.316 e. The van der Waals surface area contributed by atoms with Gasteiger partial charge in [-0.1, -0.05) is 40.2 Å². The molecule has 0 saturated carbocycles. The van der Waals surface area contributed by atoms with Crippen molar-refractivity contribution in [2.24, 2.45) is 0 Å². The average molecular weight is 226 g/mol.